The third-order valence-corrected chi connectivity index (χ3v) is 5.80. The van der Waals surface area contributed by atoms with E-state index in [0.717, 1.165) is 12.1 Å². The minimum atomic E-state index is -4.53. The van der Waals surface area contributed by atoms with E-state index in [1.165, 1.54) is 28.3 Å². The van der Waals surface area contributed by atoms with Gasteiger partial charge in [-0.05, 0) is 29.6 Å². The van der Waals surface area contributed by atoms with Crippen molar-refractivity contribution in [2.24, 2.45) is 0 Å². The molecule has 1 amide bonds. The Morgan fingerprint density at radius 3 is 2.74 bits per heavy atom. The average Bonchev–Trinajstić information content (AvgIpc) is 3.23. The van der Waals surface area contributed by atoms with Crippen LogP contribution in [0.25, 0.3) is 10.2 Å². The van der Waals surface area contributed by atoms with Crippen molar-refractivity contribution in [3.05, 3.63) is 51.9 Å². The molecule has 0 radical (unpaired) electrons. The second-order valence-electron chi connectivity index (χ2n) is 7.01. The largest absolute Gasteiger partial charge is 0.416 e. The van der Waals surface area contributed by atoms with Crippen LogP contribution in [-0.2, 0) is 22.3 Å². The molecule has 4 rings (SSSR count). The molecule has 3 aromatic rings. The molecule has 7 nitrogen and oxygen atoms in total. The number of ether oxygens (including phenoxy) is 1. The Bertz CT molecular complexity index is 1150. The summed E-state index contributed by atoms with van der Waals surface area (Å²) in [5.74, 6) is -0.494. The Hall–Kier alpha value is -2.92. The molecule has 11 heteroatoms. The lowest BCUT2D eigenvalue weighted by Gasteiger charge is -2.31. The molecule has 0 atom stereocenters. The first kappa shape index (κ1) is 21.3. The van der Waals surface area contributed by atoms with Gasteiger partial charge in [0.2, 0.25) is 5.91 Å². The highest BCUT2D eigenvalue weighted by atomic mass is 32.1. The van der Waals surface area contributed by atoms with E-state index < -0.39 is 17.6 Å². The van der Waals surface area contributed by atoms with E-state index in [0.29, 0.717) is 42.2 Å². The Morgan fingerprint density at radius 1 is 1.23 bits per heavy atom. The molecule has 31 heavy (non-hydrogen) atoms. The number of aromatic nitrogens is 2. The van der Waals surface area contributed by atoms with Gasteiger partial charge in [-0.2, -0.15) is 13.2 Å². The molecule has 1 aliphatic heterocycles. The maximum Gasteiger partial charge on any atom is 0.416 e. The SMILES string of the molecule is O=C(CCn1cnc2sccc2c1=O)Nc1cc(C(F)(F)F)ccc1N1CCOCC1. The first-order valence-electron chi connectivity index (χ1n) is 9.59. The molecule has 3 heterocycles. The Labute approximate surface area is 179 Å². The number of thiophene rings is 1. The number of benzene rings is 1. The van der Waals surface area contributed by atoms with E-state index >= 15 is 0 Å². The Balaban J connectivity index is 1.52. The highest BCUT2D eigenvalue weighted by molar-refractivity contribution is 7.16. The molecule has 1 N–H and O–H groups in total. The number of carbonyl (C=O) groups is 1. The third kappa shape index (κ3) is 4.72. The zero-order valence-corrected chi connectivity index (χ0v) is 17.1. The van der Waals surface area contributed by atoms with Crippen molar-refractivity contribution in [3.63, 3.8) is 0 Å². The fourth-order valence-electron chi connectivity index (χ4n) is 3.38. The molecule has 0 bridgehead atoms. The number of rotatable bonds is 5. The van der Waals surface area contributed by atoms with Crippen molar-refractivity contribution in [2.45, 2.75) is 19.1 Å². The number of amides is 1. The fourth-order valence-corrected chi connectivity index (χ4v) is 4.10. The van der Waals surface area contributed by atoms with Gasteiger partial charge in [0.15, 0.2) is 0 Å². The van der Waals surface area contributed by atoms with Crippen LogP contribution in [0.15, 0.2) is 40.8 Å². The van der Waals surface area contributed by atoms with Crippen LogP contribution < -0.4 is 15.8 Å². The van der Waals surface area contributed by atoms with Crippen LogP contribution in [0, 0.1) is 0 Å². The molecular formula is C20H19F3N4O3S. The summed E-state index contributed by atoms with van der Waals surface area (Å²) in [6.45, 7) is 1.99. The molecule has 0 spiro atoms. The summed E-state index contributed by atoms with van der Waals surface area (Å²) in [6.07, 6.45) is -3.24. The first-order chi connectivity index (χ1) is 14.8. The predicted molar refractivity (Wildman–Crippen MR) is 112 cm³/mol. The highest BCUT2D eigenvalue weighted by Gasteiger charge is 2.32. The minimum Gasteiger partial charge on any atom is -0.378 e. The highest BCUT2D eigenvalue weighted by Crippen LogP contribution is 2.35. The second-order valence-corrected chi connectivity index (χ2v) is 7.90. The standard InChI is InChI=1S/C20H19F3N4O3S/c21-20(22,23)13-1-2-16(26-6-8-30-9-7-26)15(11-13)25-17(28)3-5-27-12-24-18-14(19(27)29)4-10-31-18/h1-2,4,10-12H,3,5-9H2,(H,25,28). The summed E-state index contributed by atoms with van der Waals surface area (Å²) in [6, 6.07) is 4.97. The molecular weight excluding hydrogens is 433 g/mol. The number of nitrogens with zero attached hydrogens (tertiary/aromatic N) is 3. The lowest BCUT2D eigenvalue weighted by atomic mass is 10.1. The van der Waals surface area contributed by atoms with Gasteiger partial charge in [-0.15, -0.1) is 11.3 Å². The minimum absolute atomic E-state index is 0.0648. The number of aryl methyl sites for hydroxylation is 1. The van der Waals surface area contributed by atoms with Gasteiger partial charge in [0, 0.05) is 26.1 Å². The van der Waals surface area contributed by atoms with Gasteiger partial charge in [-0.1, -0.05) is 0 Å². The number of nitrogens with one attached hydrogen (secondary N) is 1. The summed E-state index contributed by atoms with van der Waals surface area (Å²) in [5.41, 5.74) is -0.515. The predicted octanol–water partition coefficient (Wildman–Crippen LogP) is 3.34. The normalized spacial score (nSPS) is 14.7. The van der Waals surface area contributed by atoms with Gasteiger partial charge in [0.1, 0.15) is 4.83 Å². The zero-order chi connectivity index (χ0) is 22.0. The second kappa shape index (κ2) is 8.67. The number of halogens is 3. The monoisotopic (exact) mass is 452 g/mol. The quantitative estimate of drug-likeness (QED) is 0.643. The van der Waals surface area contributed by atoms with E-state index in [-0.39, 0.29) is 24.2 Å². The van der Waals surface area contributed by atoms with Crippen LogP contribution in [0.4, 0.5) is 24.5 Å². The molecule has 1 fully saturated rings. The van der Waals surface area contributed by atoms with Gasteiger partial charge in [-0.3, -0.25) is 14.2 Å². The topological polar surface area (TPSA) is 76.5 Å². The fraction of sp³-hybridized carbons (Fsp3) is 0.350. The van der Waals surface area contributed by atoms with Crippen molar-refractivity contribution < 1.29 is 22.7 Å². The van der Waals surface area contributed by atoms with Crippen molar-refractivity contribution in [1.82, 2.24) is 9.55 Å². The third-order valence-electron chi connectivity index (χ3n) is 4.98. The molecule has 0 unspecified atom stereocenters. The number of morpholine rings is 1. The Morgan fingerprint density at radius 2 is 2.00 bits per heavy atom. The molecule has 1 aromatic carbocycles. The van der Waals surface area contributed by atoms with Crippen LogP contribution in [-0.4, -0.2) is 41.8 Å². The molecule has 0 saturated carbocycles. The van der Waals surface area contributed by atoms with Gasteiger partial charge in [0.05, 0.1) is 41.9 Å². The number of hydrogen-bond acceptors (Lipinski definition) is 6. The van der Waals surface area contributed by atoms with Crippen molar-refractivity contribution in [1.29, 1.82) is 0 Å². The van der Waals surface area contributed by atoms with E-state index in [2.05, 4.69) is 10.3 Å². The van der Waals surface area contributed by atoms with Crippen molar-refractivity contribution >= 4 is 38.8 Å². The maximum atomic E-state index is 13.2. The maximum absolute atomic E-state index is 13.2. The molecule has 164 valence electrons. The lowest BCUT2D eigenvalue weighted by Crippen LogP contribution is -2.37. The summed E-state index contributed by atoms with van der Waals surface area (Å²) in [7, 11) is 0. The van der Waals surface area contributed by atoms with Gasteiger partial charge in [-0.25, -0.2) is 4.98 Å². The van der Waals surface area contributed by atoms with E-state index in [1.54, 1.807) is 11.4 Å². The number of hydrogen-bond donors (Lipinski definition) is 1. The van der Waals surface area contributed by atoms with E-state index in [9.17, 15) is 22.8 Å². The summed E-state index contributed by atoms with van der Waals surface area (Å²) in [4.78, 5) is 31.6. The summed E-state index contributed by atoms with van der Waals surface area (Å²) in [5, 5.41) is 4.82. The Kier molecular flexibility index (Phi) is 5.96. The first-order valence-corrected chi connectivity index (χ1v) is 10.5. The number of fused-ring (bicyclic) bond motifs is 1. The van der Waals surface area contributed by atoms with Crippen LogP contribution in [0.3, 0.4) is 0 Å². The summed E-state index contributed by atoms with van der Waals surface area (Å²) >= 11 is 1.35. The average molecular weight is 452 g/mol. The van der Waals surface area contributed by atoms with Crippen LogP contribution in [0.2, 0.25) is 0 Å². The zero-order valence-electron chi connectivity index (χ0n) is 16.3. The molecule has 0 aliphatic carbocycles. The number of alkyl halides is 3. The van der Waals surface area contributed by atoms with Crippen molar-refractivity contribution in [3.8, 4) is 0 Å². The van der Waals surface area contributed by atoms with Crippen LogP contribution >= 0.6 is 11.3 Å². The summed E-state index contributed by atoms with van der Waals surface area (Å²) < 4.78 is 46.2. The smallest absolute Gasteiger partial charge is 0.378 e. The van der Waals surface area contributed by atoms with Crippen LogP contribution in [0.1, 0.15) is 12.0 Å². The number of anilines is 2. The van der Waals surface area contributed by atoms with E-state index in [4.69, 9.17) is 4.74 Å². The lowest BCUT2D eigenvalue weighted by molar-refractivity contribution is -0.137. The molecule has 2 aromatic heterocycles. The van der Waals surface area contributed by atoms with Gasteiger partial charge < -0.3 is 15.0 Å². The van der Waals surface area contributed by atoms with Crippen molar-refractivity contribution in [2.75, 3.05) is 36.5 Å². The molecule has 1 saturated heterocycles. The van der Waals surface area contributed by atoms with Gasteiger partial charge >= 0.3 is 6.18 Å². The van der Waals surface area contributed by atoms with E-state index in [1.807, 2.05) is 4.90 Å². The number of carbonyl (C=O) groups excluding carboxylic acids is 1. The van der Waals surface area contributed by atoms with Crippen LogP contribution in [0.5, 0.6) is 0 Å². The molecule has 1 aliphatic rings. The van der Waals surface area contributed by atoms with Gasteiger partial charge in [0.25, 0.3) is 5.56 Å².